The molecule has 1 saturated heterocycles. The van der Waals surface area contributed by atoms with Gasteiger partial charge in [-0.2, -0.15) is 5.10 Å². The van der Waals surface area contributed by atoms with Crippen LogP contribution in [0, 0.1) is 17.7 Å². The lowest BCUT2D eigenvalue weighted by Crippen LogP contribution is -2.34. The summed E-state index contributed by atoms with van der Waals surface area (Å²) in [6.45, 7) is 5.10. The Labute approximate surface area is 217 Å². The van der Waals surface area contributed by atoms with Gasteiger partial charge in [-0.15, -0.1) is 11.3 Å². The normalized spacial score (nSPS) is 20.7. The number of amides is 1. The van der Waals surface area contributed by atoms with Crippen molar-refractivity contribution in [2.75, 3.05) is 13.1 Å². The first kappa shape index (κ1) is 23.7. The lowest BCUT2D eigenvalue weighted by molar-refractivity contribution is 0.0740. The number of rotatable bonds is 6. The molecule has 37 heavy (non-hydrogen) atoms. The number of halogens is 1. The molecule has 0 bridgehead atoms. The number of likely N-dealkylation sites (tertiary alicyclic amines) is 1. The fourth-order valence-electron chi connectivity index (χ4n) is 4.94. The second-order valence-corrected chi connectivity index (χ2v) is 11.2. The number of hydrogen-bond donors (Lipinski definition) is 1. The van der Waals surface area contributed by atoms with E-state index in [1.54, 1.807) is 36.1 Å². The van der Waals surface area contributed by atoms with E-state index in [0.717, 1.165) is 16.1 Å². The summed E-state index contributed by atoms with van der Waals surface area (Å²) in [6, 6.07) is 11.8. The van der Waals surface area contributed by atoms with Gasteiger partial charge in [0.2, 0.25) is 5.88 Å². The molecule has 4 aromatic rings. The second-order valence-electron chi connectivity index (χ2n) is 10.3. The summed E-state index contributed by atoms with van der Waals surface area (Å²) in [5.41, 5.74) is 9.40. The predicted molar refractivity (Wildman–Crippen MR) is 138 cm³/mol. The number of ether oxygens (including phenoxy) is 1. The Balaban J connectivity index is 1.16. The minimum absolute atomic E-state index is 0.00817. The fraction of sp³-hybridized carbons (Fsp3) is 0.333. The minimum atomic E-state index is -0.598. The Kier molecular flexibility index (Phi) is 5.61. The molecule has 2 N–H and O–H groups in total. The van der Waals surface area contributed by atoms with E-state index in [1.165, 1.54) is 23.5 Å². The SMILES string of the molecule is Cn1nc(-c2nccs2)cc1C(=O)N1CC2C(C1)C2Oc1cc(C(C)(C)N)cc(-c2ccc(F)cc2)n1. The van der Waals surface area contributed by atoms with Crippen LogP contribution in [0.4, 0.5) is 4.39 Å². The molecule has 3 aromatic heterocycles. The maximum Gasteiger partial charge on any atom is 0.272 e. The fourth-order valence-corrected chi connectivity index (χ4v) is 5.53. The summed E-state index contributed by atoms with van der Waals surface area (Å²) < 4.78 is 21.4. The van der Waals surface area contributed by atoms with E-state index >= 15 is 0 Å². The highest BCUT2D eigenvalue weighted by molar-refractivity contribution is 7.13. The van der Waals surface area contributed by atoms with Gasteiger partial charge >= 0.3 is 0 Å². The second kappa shape index (κ2) is 8.74. The molecule has 1 amide bonds. The van der Waals surface area contributed by atoms with Crippen LogP contribution < -0.4 is 10.5 Å². The number of thiazole rings is 1. The van der Waals surface area contributed by atoms with Crippen molar-refractivity contribution in [3.63, 3.8) is 0 Å². The number of nitrogens with zero attached hydrogens (tertiary/aromatic N) is 5. The van der Waals surface area contributed by atoms with Gasteiger partial charge in [0.1, 0.15) is 28.3 Å². The largest absolute Gasteiger partial charge is 0.474 e. The van der Waals surface area contributed by atoms with Crippen molar-refractivity contribution in [2.45, 2.75) is 25.5 Å². The first-order valence-corrected chi connectivity index (χ1v) is 13.0. The van der Waals surface area contributed by atoms with Gasteiger partial charge in [-0.3, -0.25) is 9.48 Å². The number of aryl methyl sites for hydroxylation is 1. The minimum Gasteiger partial charge on any atom is -0.474 e. The molecule has 6 rings (SSSR count). The lowest BCUT2D eigenvalue weighted by Gasteiger charge is -2.22. The third kappa shape index (κ3) is 4.51. The molecule has 4 heterocycles. The zero-order valence-electron chi connectivity index (χ0n) is 20.8. The van der Waals surface area contributed by atoms with Crippen LogP contribution in [-0.2, 0) is 12.6 Å². The number of aromatic nitrogens is 4. The first-order chi connectivity index (χ1) is 17.7. The van der Waals surface area contributed by atoms with Crippen LogP contribution in [0.5, 0.6) is 5.88 Å². The third-order valence-electron chi connectivity index (χ3n) is 7.10. The number of hydrogen-bond acceptors (Lipinski definition) is 7. The van der Waals surface area contributed by atoms with Gasteiger partial charge in [-0.25, -0.2) is 14.4 Å². The molecule has 1 aliphatic carbocycles. The van der Waals surface area contributed by atoms with Gasteiger partial charge in [0.25, 0.3) is 5.91 Å². The van der Waals surface area contributed by atoms with Gasteiger partial charge in [0.05, 0.1) is 5.69 Å². The molecule has 1 saturated carbocycles. The van der Waals surface area contributed by atoms with E-state index in [2.05, 4.69) is 10.1 Å². The summed E-state index contributed by atoms with van der Waals surface area (Å²) in [5, 5.41) is 7.15. The van der Waals surface area contributed by atoms with Crippen molar-refractivity contribution in [1.29, 1.82) is 0 Å². The zero-order chi connectivity index (χ0) is 25.9. The maximum absolute atomic E-state index is 13.4. The molecule has 2 aliphatic rings. The molecule has 1 aliphatic heterocycles. The maximum atomic E-state index is 13.4. The molecule has 2 fully saturated rings. The van der Waals surface area contributed by atoms with Gasteiger partial charge in [-0.1, -0.05) is 0 Å². The average Bonchev–Trinajstić information content (AvgIpc) is 3.36. The van der Waals surface area contributed by atoms with Crippen molar-refractivity contribution in [1.82, 2.24) is 24.6 Å². The molecular weight excluding hydrogens is 491 g/mol. The van der Waals surface area contributed by atoms with Crippen LogP contribution in [0.15, 0.2) is 54.0 Å². The average molecular weight is 519 g/mol. The van der Waals surface area contributed by atoms with Crippen LogP contribution in [0.3, 0.4) is 0 Å². The van der Waals surface area contributed by atoms with Gasteiger partial charge < -0.3 is 15.4 Å². The van der Waals surface area contributed by atoms with Crippen LogP contribution >= 0.6 is 11.3 Å². The number of carbonyl (C=O) groups is 1. The monoisotopic (exact) mass is 518 g/mol. The Morgan fingerprint density at radius 3 is 2.51 bits per heavy atom. The highest BCUT2D eigenvalue weighted by Crippen LogP contribution is 2.48. The van der Waals surface area contributed by atoms with Gasteiger partial charge in [0, 0.05) is 60.7 Å². The van der Waals surface area contributed by atoms with Crippen molar-refractivity contribution in [2.24, 2.45) is 24.6 Å². The molecule has 1 aromatic carbocycles. The van der Waals surface area contributed by atoms with E-state index in [4.69, 9.17) is 15.5 Å². The van der Waals surface area contributed by atoms with E-state index in [9.17, 15) is 9.18 Å². The Hall–Kier alpha value is -3.63. The number of fused-ring (bicyclic) bond motifs is 1. The van der Waals surface area contributed by atoms with E-state index in [1.807, 2.05) is 36.3 Å². The number of pyridine rings is 1. The molecule has 0 spiro atoms. The molecular formula is C27H27FN6O2S. The van der Waals surface area contributed by atoms with Crippen LogP contribution in [0.1, 0.15) is 29.9 Å². The molecule has 8 nitrogen and oxygen atoms in total. The Bertz CT molecular complexity index is 1450. The molecule has 10 heteroatoms. The first-order valence-electron chi connectivity index (χ1n) is 12.1. The van der Waals surface area contributed by atoms with Crippen LogP contribution in [0.25, 0.3) is 22.0 Å². The van der Waals surface area contributed by atoms with Crippen LogP contribution in [-0.4, -0.2) is 49.7 Å². The number of nitrogens with two attached hydrogens (primary N) is 1. The van der Waals surface area contributed by atoms with Crippen LogP contribution in [0.2, 0.25) is 0 Å². The standard InChI is InChI=1S/C27H27FN6O2S/c1-27(2,29)16-10-20(15-4-6-17(28)7-5-15)31-23(11-16)36-24-18-13-34(14-19(18)24)26(35)22-12-21(32-33(22)3)25-30-8-9-37-25/h4-12,18-19,24H,13-14,29H2,1-3H3. The number of benzene rings is 1. The van der Waals surface area contributed by atoms with Crippen molar-refractivity contribution in [3.05, 3.63) is 71.1 Å². The summed E-state index contributed by atoms with van der Waals surface area (Å²) >= 11 is 1.49. The smallest absolute Gasteiger partial charge is 0.272 e. The highest BCUT2D eigenvalue weighted by Gasteiger charge is 2.59. The van der Waals surface area contributed by atoms with Crippen molar-refractivity contribution < 1.29 is 13.9 Å². The third-order valence-corrected chi connectivity index (χ3v) is 7.89. The molecule has 2 unspecified atom stereocenters. The van der Waals surface area contributed by atoms with Gasteiger partial charge in [-0.05, 0) is 55.8 Å². The Morgan fingerprint density at radius 1 is 1.14 bits per heavy atom. The van der Waals surface area contributed by atoms with E-state index in [0.29, 0.717) is 36.1 Å². The summed E-state index contributed by atoms with van der Waals surface area (Å²) in [6.07, 6.45) is 1.72. The summed E-state index contributed by atoms with van der Waals surface area (Å²) in [5.74, 6) is 0.660. The van der Waals surface area contributed by atoms with Crippen molar-refractivity contribution in [3.8, 4) is 27.8 Å². The predicted octanol–water partition coefficient (Wildman–Crippen LogP) is 4.09. The number of piperidine rings is 1. The molecule has 190 valence electrons. The van der Waals surface area contributed by atoms with Crippen molar-refractivity contribution >= 4 is 17.2 Å². The highest BCUT2D eigenvalue weighted by atomic mass is 32.1. The molecule has 0 radical (unpaired) electrons. The molecule has 2 atom stereocenters. The van der Waals surface area contributed by atoms with Gasteiger partial charge in [0.15, 0.2) is 0 Å². The lowest BCUT2D eigenvalue weighted by atomic mass is 9.95. The summed E-state index contributed by atoms with van der Waals surface area (Å²) in [4.78, 5) is 24.1. The van der Waals surface area contributed by atoms with E-state index in [-0.39, 0.29) is 29.7 Å². The topological polar surface area (TPSA) is 99.2 Å². The quantitative estimate of drug-likeness (QED) is 0.413. The van der Waals surface area contributed by atoms with E-state index < -0.39 is 5.54 Å². The zero-order valence-corrected chi connectivity index (χ0v) is 21.6. The number of carbonyl (C=O) groups excluding carboxylic acids is 1. The summed E-state index contributed by atoms with van der Waals surface area (Å²) in [7, 11) is 1.78. The Morgan fingerprint density at radius 2 is 1.86 bits per heavy atom.